The third-order valence-electron chi connectivity index (χ3n) is 2.42. The summed E-state index contributed by atoms with van der Waals surface area (Å²) in [6.07, 6.45) is 0.0150. The molecule has 8 nitrogen and oxygen atoms in total. The topological polar surface area (TPSA) is 127 Å². The number of nitro benzene ring substituents is 1. The maximum Gasteiger partial charge on any atom is 0.321 e. The zero-order valence-corrected chi connectivity index (χ0v) is 11.8. The Balaban J connectivity index is 3.24. The number of nitrogens with zero attached hydrogens (tertiary/aromatic N) is 1. The summed E-state index contributed by atoms with van der Waals surface area (Å²) >= 11 is 5.70. The van der Waals surface area contributed by atoms with Gasteiger partial charge in [0.15, 0.2) is 0 Å². The number of carbonyl (C=O) groups is 1. The van der Waals surface area contributed by atoms with Gasteiger partial charge in [0.05, 0.1) is 9.95 Å². The summed E-state index contributed by atoms with van der Waals surface area (Å²) in [6, 6.07) is 1.56. The van der Waals surface area contributed by atoms with E-state index in [1.54, 1.807) is 0 Å². The lowest BCUT2D eigenvalue weighted by Gasteiger charge is -2.13. The average molecular weight is 323 g/mol. The van der Waals surface area contributed by atoms with Crippen molar-refractivity contribution in [2.75, 3.05) is 0 Å². The smallest absolute Gasteiger partial charge is 0.321 e. The van der Waals surface area contributed by atoms with E-state index in [-0.39, 0.29) is 11.4 Å². The standard InChI is InChI=1S/C10H11ClN2O6S/c1-2-8(10(14)15)12-20(18,19)9-5-6(13(16)17)3-4-7(9)11/h3-5,8,12H,2H2,1H3,(H,14,15)/t8-/m1/s1. The molecule has 0 aromatic heterocycles. The summed E-state index contributed by atoms with van der Waals surface area (Å²) in [5.41, 5.74) is -0.460. The van der Waals surface area contributed by atoms with E-state index in [9.17, 15) is 23.3 Å². The number of benzene rings is 1. The SMILES string of the molecule is CC[C@@H](NS(=O)(=O)c1cc([N+](=O)[O-])ccc1Cl)C(=O)O. The van der Waals surface area contributed by atoms with Gasteiger partial charge in [-0.05, 0) is 12.5 Å². The molecule has 0 heterocycles. The van der Waals surface area contributed by atoms with Crippen LogP contribution in [0.3, 0.4) is 0 Å². The Kier molecular flexibility index (Phi) is 5.03. The molecule has 0 saturated carbocycles. The lowest BCUT2D eigenvalue weighted by Crippen LogP contribution is -2.40. The van der Waals surface area contributed by atoms with Gasteiger partial charge in [-0.2, -0.15) is 4.72 Å². The van der Waals surface area contributed by atoms with Gasteiger partial charge in [-0.25, -0.2) is 8.42 Å². The summed E-state index contributed by atoms with van der Waals surface area (Å²) in [4.78, 5) is 20.2. The van der Waals surface area contributed by atoms with Crippen LogP contribution in [-0.2, 0) is 14.8 Å². The van der Waals surface area contributed by atoms with Crippen molar-refractivity contribution < 1.29 is 23.2 Å². The van der Waals surface area contributed by atoms with E-state index in [4.69, 9.17) is 16.7 Å². The highest BCUT2D eigenvalue weighted by Crippen LogP contribution is 2.26. The minimum atomic E-state index is -4.27. The van der Waals surface area contributed by atoms with Crippen LogP contribution in [0.25, 0.3) is 0 Å². The van der Waals surface area contributed by atoms with E-state index < -0.39 is 37.5 Å². The van der Waals surface area contributed by atoms with E-state index in [1.165, 1.54) is 6.92 Å². The molecule has 1 aromatic carbocycles. The second kappa shape index (κ2) is 6.16. The molecule has 1 aromatic rings. The van der Waals surface area contributed by atoms with Gasteiger partial charge < -0.3 is 5.11 Å². The van der Waals surface area contributed by atoms with Gasteiger partial charge in [0.25, 0.3) is 5.69 Å². The molecule has 20 heavy (non-hydrogen) atoms. The Bertz CT molecular complexity index is 645. The highest BCUT2D eigenvalue weighted by molar-refractivity contribution is 7.89. The van der Waals surface area contributed by atoms with Crippen LogP contribution in [0.2, 0.25) is 5.02 Å². The lowest BCUT2D eigenvalue weighted by atomic mass is 10.2. The van der Waals surface area contributed by atoms with E-state index >= 15 is 0 Å². The fraction of sp³-hybridized carbons (Fsp3) is 0.300. The van der Waals surface area contributed by atoms with Crippen LogP contribution in [0.1, 0.15) is 13.3 Å². The number of aliphatic carboxylic acids is 1. The Morgan fingerprint density at radius 2 is 2.15 bits per heavy atom. The fourth-order valence-corrected chi connectivity index (χ4v) is 3.16. The monoisotopic (exact) mass is 322 g/mol. The first-order valence-electron chi connectivity index (χ1n) is 5.38. The molecular weight excluding hydrogens is 312 g/mol. The zero-order chi connectivity index (χ0) is 15.5. The Hall–Kier alpha value is -1.71. The number of nitro groups is 1. The summed E-state index contributed by atoms with van der Waals surface area (Å²) in [5, 5.41) is 19.2. The van der Waals surface area contributed by atoms with E-state index in [1.807, 2.05) is 4.72 Å². The van der Waals surface area contributed by atoms with Gasteiger partial charge in [-0.1, -0.05) is 18.5 Å². The third-order valence-corrected chi connectivity index (χ3v) is 4.37. The maximum atomic E-state index is 12.0. The number of carboxylic acid groups (broad SMARTS) is 1. The van der Waals surface area contributed by atoms with Crippen LogP contribution in [0.15, 0.2) is 23.1 Å². The normalized spacial score (nSPS) is 12.9. The van der Waals surface area contributed by atoms with Crippen molar-refractivity contribution in [1.82, 2.24) is 4.72 Å². The second-order valence-corrected chi connectivity index (χ2v) is 5.88. The van der Waals surface area contributed by atoms with Gasteiger partial charge in [0, 0.05) is 12.1 Å². The molecule has 0 bridgehead atoms. The van der Waals surface area contributed by atoms with Gasteiger partial charge in [-0.3, -0.25) is 14.9 Å². The Morgan fingerprint density at radius 3 is 2.60 bits per heavy atom. The molecule has 110 valence electrons. The number of hydrogen-bond donors (Lipinski definition) is 2. The summed E-state index contributed by atoms with van der Waals surface area (Å²) < 4.78 is 26.0. The van der Waals surface area contributed by atoms with Crippen LogP contribution >= 0.6 is 11.6 Å². The molecule has 0 spiro atoms. The number of hydrogen-bond acceptors (Lipinski definition) is 5. The molecular formula is C10H11ClN2O6S. The summed E-state index contributed by atoms with van der Waals surface area (Å²) in [7, 11) is -4.27. The first-order valence-corrected chi connectivity index (χ1v) is 7.24. The largest absolute Gasteiger partial charge is 0.480 e. The van der Waals surface area contributed by atoms with Crippen molar-refractivity contribution >= 4 is 33.3 Å². The van der Waals surface area contributed by atoms with Crippen LogP contribution in [0.5, 0.6) is 0 Å². The second-order valence-electron chi connectivity index (χ2n) is 3.79. The summed E-state index contributed by atoms with van der Waals surface area (Å²) in [5.74, 6) is -1.35. The van der Waals surface area contributed by atoms with Crippen molar-refractivity contribution in [1.29, 1.82) is 0 Å². The van der Waals surface area contributed by atoms with E-state index in [0.717, 1.165) is 18.2 Å². The van der Waals surface area contributed by atoms with Crippen LogP contribution in [0.4, 0.5) is 5.69 Å². The molecule has 1 rings (SSSR count). The highest BCUT2D eigenvalue weighted by Gasteiger charge is 2.27. The maximum absolute atomic E-state index is 12.0. The van der Waals surface area contributed by atoms with Gasteiger partial charge >= 0.3 is 5.97 Å². The van der Waals surface area contributed by atoms with Gasteiger partial charge in [-0.15, -0.1) is 0 Å². The minimum absolute atomic E-state index is 0.0150. The lowest BCUT2D eigenvalue weighted by molar-refractivity contribution is -0.385. The Morgan fingerprint density at radius 1 is 1.55 bits per heavy atom. The molecule has 0 fully saturated rings. The molecule has 0 amide bonds. The van der Waals surface area contributed by atoms with Crippen LogP contribution < -0.4 is 4.72 Å². The van der Waals surface area contributed by atoms with Crippen molar-refractivity contribution in [3.8, 4) is 0 Å². The highest BCUT2D eigenvalue weighted by atomic mass is 35.5. The number of nitrogens with one attached hydrogen (secondary N) is 1. The first-order chi connectivity index (χ1) is 9.19. The molecule has 0 unspecified atom stereocenters. The van der Waals surface area contributed by atoms with E-state index in [2.05, 4.69) is 0 Å². The number of halogens is 1. The van der Waals surface area contributed by atoms with Crippen LogP contribution in [0, 0.1) is 10.1 Å². The number of carboxylic acids is 1. The number of sulfonamides is 1. The molecule has 10 heteroatoms. The first kappa shape index (κ1) is 16.3. The van der Waals surface area contributed by atoms with Gasteiger partial charge in [0.1, 0.15) is 10.9 Å². The minimum Gasteiger partial charge on any atom is -0.480 e. The van der Waals surface area contributed by atoms with Crippen molar-refractivity contribution in [2.24, 2.45) is 0 Å². The number of non-ortho nitro benzene ring substituents is 1. The number of rotatable bonds is 6. The molecule has 0 radical (unpaired) electrons. The predicted octanol–water partition coefficient (Wildman–Crippen LogP) is 1.39. The fourth-order valence-electron chi connectivity index (χ4n) is 1.37. The molecule has 0 aliphatic heterocycles. The average Bonchev–Trinajstić information content (AvgIpc) is 2.35. The third kappa shape index (κ3) is 3.65. The molecule has 0 saturated heterocycles. The van der Waals surface area contributed by atoms with Crippen molar-refractivity contribution in [2.45, 2.75) is 24.3 Å². The van der Waals surface area contributed by atoms with E-state index in [0.29, 0.717) is 0 Å². The zero-order valence-electron chi connectivity index (χ0n) is 10.2. The quantitative estimate of drug-likeness (QED) is 0.602. The predicted molar refractivity (Wildman–Crippen MR) is 70.1 cm³/mol. The van der Waals surface area contributed by atoms with Crippen molar-refractivity contribution in [3.05, 3.63) is 33.3 Å². The molecule has 0 aliphatic rings. The molecule has 1 atom stereocenters. The molecule has 0 aliphatic carbocycles. The Labute approximate surface area is 119 Å². The van der Waals surface area contributed by atoms with Gasteiger partial charge in [0.2, 0.25) is 10.0 Å². The molecule has 2 N–H and O–H groups in total. The van der Waals surface area contributed by atoms with Crippen molar-refractivity contribution in [3.63, 3.8) is 0 Å². The van der Waals surface area contributed by atoms with Crippen LogP contribution in [-0.4, -0.2) is 30.5 Å². The summed E-state index contributed by atoms with van der Waals surface area (Å²) in [6.45, 7) is 1.48.